The molecule has 0 aliphatic carbocycles. The Morgan fingerprint density at radius 2 is 1.45 bits per heavy atom. The first-order chi connectivity index (χ1) is 26.5. The van der Waals surface area contributed by atoms with Gasteiger partial charge in [0, 0.05) is 54.8 Å². The van der Waals surface area contributed by atoms with Gasteiger partial charge in [0.25, 0.3) is 5.91 Å². The minimum Gasteiger partial charge on any atom is -0.494 e. The average molecular weight is 749 g/mol. The van der Waals surface area contributed by atoms with E-state index in [0.29, 0.717) is 37.4 Å². The predicted molar refractivity (Wildman–Crippen MR) is 215 cm³/mol. The van der Waals surface area contributed by atoms with E-state index in [2.05, 4.69) is 48.3 Å². The number of carboxylic acids is 1. The number of unbranched alkanes of at least 4 members (excludes halogenated alkanes) is 4. The molecule has 292 valence electrons. The summed E-state index contributed by atoms with van der Waals surface area (Å²) in [6.45, 7) is 10.3. The highest BCUT2D eigenvalue weighted by molar-refractivity contribution is 5.97. The second-order valence-corrected chi connectivity index (χ2v) is 15.5. The summed E-state index contributed by atoms with van der Waals surface area (Å²) >= 11 is 0. The van der Waals surface area contributed by atoms with Crippen molar-refractivity contribution in [2.45, 2.75) is 103 Å². The summed E-state index contributed by atoms with van der Waals surface area (Å²) in [7, 11) is 0. The summed E-state index contributed by atoms with van der Waals surface area (Å²) in [5, 5.41) is 15.6. The Bertz CT molecular complexity index is 1810. The normalized spacial score (nSPS) is 14.5. The molecule has 2 heterocycles. The van der Waals surface area contributed by atoms with E-state index in [1.54, 1.807) is 24.5 Å². The van der Waals surface area contributed by atoms with Gasteiger partial charge in [-0.15, -0.1) is 0 Å². The molecule has 5 rings (SSSR count). The summed E-state index contributed by atoms with van der Waals surface area (Å²) < 4.78 is 11.4. The molecular weight excluding hydrogens is 693 g/mol. The van der Waals surface area contributed by atoms with Crippen LogP contribution in [0.5, 0.6) is 5.75 Å². The topological polar surface area (TPSA) is 140 Å². The van der Waals surface area contributed by atoms with Gasteiger partial charge in [-0.05, 0) is 71.6 Å². The number of rotatable bonds is 18. The van der Waals surface area contributed by atoms with Crippen molar-refractivity contribution in [3.8, 4) is 28.3 Å². The van der Waals surface area contributed by atoms with Crippen LogP contribution in [0, 0.1) is 5.92 Å². The minimum atomic E-state index is -0.992. The Hall–Kier alpha value is -5.09. The third-order valence-corrected chi connectivity index (χ3v) is 10.2. The number of benzene rings is 3. The lowest BCUT2D eigenvalue weighted by atomic mass is 9.86. The number of carbonyl (C=O) groups excluding carboxylic acids is 2. The molecule has 2 amide bonds. The number of aliphatic carboxylic acids is 1. The van der Waals surface area contributed by atoms with Crippen LogP contribution in [-0.4, -0.2) is 64.8 Å². The summed E-state index contributed by atoms with van der Waals surface area (Å²) in [5.41, 5.74) is 4.96. The van der Waals surface area contributed by atoms with Gasteiger partial charge in [-0.2, -0.15) is 0 Å². The Labute approximate surface area is 325 Å². The van der Waals surface area contributed by atoms with Crippen molar-refractivity contribution < 1.29 is 29.0 Å². The van der Waals surface area contributed by atoms with Crippen LogP contribution in [0.2, 0.25) is 0 Å². The molecule has 1 aliphatic rings. The van der Waals surface area contributed by atoms with Gasteiger partial charge in [0.1, 0.15) is 11.8 Å². The lowest BCUT2D eigenvalue weighted by Crippen LogP contribution is -2.53. The first-order valence-corrected chi connectivity index (χ1v) is 19.7. The SMILES string of the molecule is CCCCCCCOc1ccc(-c2cnc(-c3ccc(CC(NC(=O)c4ccc(C(C)(C)C)cc4)C(=O)NC(CC(=O)O)C4CCOCC4)cc3)nc2)cc1. The van der Waals surface area contributed by atoms with Gasteiger partial charge in [-0.3, -0.25) is 14.4 Å². The number of hydrogen-bond acceptors (Lipinski definition) is 7. The van der Waals surface area contributed by atoms with Gasteiger partial charge in [-0.25, -0.2) is 9.97 Å². The Balaban J connectivity index is 1.26. The number of aromatic nitrogens is 2. The van der Waals surface area contributed by atoms with Crippen LogP contribution in [0.25, 0.3) is 22.5 Å². The standard InChI is InChI=1S/C45H56N4O6/c1-5-6-7-8-9-24-55-38-20-16-32(17-21-38)36-29-46-42(47-30-36)34-12-10-31(11-13-34)27-40(49-43(52)35-14-18-37(19-15-35)45(2,3)4)44(53)48-39(28-41(50)51)33-22-25-54-26-23-33/h10-21,29-30,33,39-40H,5-9,22-28H2,1-4H3,(H,48,53)(H,49,52)(H,50,51). The highest BCUT2D eigenvalue weighted by Gasteiger charge is 2.31. The second-order valence-electron chi connectivity index (χ2n) is 15.5. The van der Waals surface area contributed by atoms with Crippen LogP contribution in [0.3, 0.4) is 0 Å². The smallest absolute Gasteiger partial charge is 0.305 e. The zero-order valence-electron chi connectivity index (χ0n) is 32.7. The van der Waals surface area contributed by atoms with E-state index in [-0.39, 0.29) is 30.1 Å². The van der Waals surface area contributed by atoms with Crippen molar-refractivity contribution in [2.24, 2.45) is 5.92 Å². The molecule has 2 atom stereocenters. The van der Waals surface area contributed by atoms with E-state index in [9.17, 15) is 19.5 Å². The number of nitrogens with zero attached hydrogens (tertiary/aromatic N) is 2. The molecule has 3 aromatic carbocycles. The van der Waals surface area contributed by atoms with Crippen molar-refractivity contribution in [2.75, 3.05) is 19.8 Å². The molecule has 0 spiro atoms. The van der Waals surface area contributed by atoms with E-state index in [1.807, 2.05) is 60.7 Å². The zero-order valence-corrected chi connectivity index (χ0v) is 32.7. The summed E-state index contributed by atoms with van der Waals surface area (Å²) in [6, 6.07) is 21.4. The molecule has 0 radical (unpaired) electrons. The molecule has 10 heteroatoms. The number of hydrogen-bond donors (Lipinski definition) is 3. The number of ether oxygens (including phenoxy) is 2. The lowest BCUT2D eigenvalue weighted by molar-refractivity contribution is -0.138. The van der Waals surface area contributed by atoms with Gasteiger partial charge >= 0.3 is 5.97 Å². The highest BCUT2D eigenvalue weighted by atomic mass is 16.5. The largest absolute Gasteiger partial charge is 0.494 e. The zero-order chi connectivity index (χ0) is 39.2. The van der Waals surface area contributed by atoms with Gasteiger partial charge in [0.05, 0.1) is 13.0 Å². The fourth-order valence-electron chi connectivity index (χ4n) is 6.79. The van der Waals surface area contributed by atoms with Gasteiger partial charge in [-0.1, -0.05) is 102 Å². The van der Waals surface area contributed by atoms with Crippen molar-refractivity contribution in [1.82, 2.24) is 20.6 Å². The fraction of sp³-hybridized carbons (Fsp3) is 0.444. The monoisotopic (exact) mass is 748 g/mol. The van der Waals surface area contributed by atoms with Gasteiger partial charge in [0.2, 0.25) is 5.91 Å². The Kier molecular flexibility index (Phi) is 14.9. The van der Waals surface area contributed by atoms with E-state index in [1.165, 1.54) is 25.7 Å². The molecule has 4 aromatic rings. The molecule has 10 nitrogen and oxygen atoms in total. The van der Waals surface area contributed by atoms with Crippen LogP contribution in [0.1, 0.15) is 101 Å². The predicted octanol–water partition coefficient (Wildman–Crippen LogP) is 8.18. The molecule has 1 fully saturated rings. The first kappa shape index (κ1) is 41.1. The Morgan fingerprint density at radius 3 is 2.07 bits per heavy atom. The average Bonchev–Trinajstić information content (AvgIpc) is 3.19. The number of nitrogens with one attached hydrogen (secondary N) is 2. The van der Waals surface area contributed by atoms with Crippen LogP contribution in [0.15, 0.2) is 85.2 Å². The second kappa shape index (κ2) is 20.0. The summed E-state index contributed by atoms with van der Waals surface area (Å²) in [5.74, 6) is -0.427. The van der Waals surface area contributed by atoms with Gasteiger partial charge < -0.3 is 25.2 Å². The lowest BCUT2D eigenvalue weighted by Gasteiger charge is -2.31. The molecular formula is C45H56N4O6. The van der Waals surface area contributed by atoms with Crippen molar-refractivity contribution in [1.29, 1.82) is 0 Å². The maximum absolute atomic E-state index is 13.9. The molecule has 1 saturated heterocycles. The highest BCUT2D eigenvalue weighted by Crippen LogP contribution is 2.26. The maximum atomic E-state index is 13.9. The molecule has 1 aliphatic heterocycles. The Morgan fingerprint density at radius 1 is 0.818 bits per heavy atom. The maximum Gasteiger partial charge on any atom is 0.305 e. The fourth-order valence-corrected chi connectivity index (χ4v) is 6.79. The number of amides is 2. The molecule has 3 N–H and O–H groups in total. The molecule has 2 unspecified atom stereocenters. The molecule has 0 saturated carbocycles. The van der Waals surface area contributed by atoms with E-state index < -0.39 is 24.0 Å². The van der Waals surface area contributed by atoms with Crippen LogP contribution < -0.4 is 15.4 Å². The third kappa shape index (κ3) is 12.5. The number of carboxylic acid groups (broad SMARTS) is 1. The van der Waals surface area contributed by atoms with Crippen LogP contribution in [0.4, 0.5) is 0 Å². The minimum absolute atomic E-state index is 0.0379. The van der Waals surface area contributed by atoms with E-state index >= 15 is 0 Å². The van der Waals surface area contributed by atoms with Crippen molar-refractivity contribution in [3.63, 3.8) is 0 Å². The van der Waals surface area contributed by atoms with E-state index in [4.69, 9.17) is 9.47 Å². The first-order valence-electron chi connectivity index (χ1n) is 19.7. The molecule has 0 bridgehead atoms. The number of carbonyl (C=O) groups is 3. The summed E-state index contributed by atoms with van der Waals surface area (Å²) in [6.07, 6.45) is 10.9. The quantitative estimate of drug-likeness (QED) is 0.0866. The van der Waals surface area contributed by atoms with Crippen LogP contribution in [-0.2, 0) is 26.2 Å². The third-order valence-electron chi connectivity index (χ3n) is 10.2. The van der Waals surface area contributed by atoms with Crippen molar-refractivity contribution >= 4 is 17.8 Å². The summed E-state index contributed by atoms with van der Waals surface area (Å²) in [4.78, 5) is 48.5. The van der Waals surface area contributed by atoms with Crippen molar-refractivity contribution in [3.05, 3.63) is 102 Å². The van der Waals surface area contributed by atoms with Gasteiger partial charge in [0.15, 0.2) is 5.82 Å². The molecule has 55 heavy (non-hydrogen) atoms. The molecule has 1 aromatic heterocycles. The van der Waals surface area contributed by atoms with Crippen LogP contribution >= 0.6 is 0 Å². The van der Waals surface area contributed by atoms with E-state index in [0.717, 1.165) is 46.6 Å².